The molecule has 1 fully saturated rings. The highest BCUT2D eigenvalue weighted by Crippen LogP contribution is 2.60. The van der Waals surface area contributed by atoms with Crippen LogP contribution < -0.4 is 5.73 Å². The first-order chi connectivity index (χ1) is 10.1. The SMILES string of the molecule is N#CC1=C(N)SC2(CCCCC2)SC1c1ccc(F)cc1. The summed E-state index contributed by atoms with van der Waals surface area (Å²) in [5.41, 5.74) is 7.77. The predicted octanol–water partition coefficient (Wildman–Crippen LogP) is 4.70. The number of nitrogens with zero attached hydrogens (tertiary/aromatic N) is 1. The van der Waals surface area contributed by atoms with Crippen molar-refractivity contribution in [2.24, 2.45) is 5.73 Å². The Morgan fingerprint density at radius 2 is 1.86 bits per heavy atom. The molecule has 1 heterocycles. The van der Waals surface area contributed by atoms with Crippen molar-refractivity contribution in [3.05, 3.63) is 46.2 Å². The number of benzene rings is 1. The predicted molar refractivity (Wildman–Crippen MR) is 87.0 cm³/mol. The number of thioether (sulfide) groups is 2. The number of rotatable bonds is 1. The average molecular weight is 320 g/mol. The van der Waals surface area contributed by atoms with E-state index in [4.69, 9.17) is 5.73 Å². The Kier molecular flexibility index (Phi) is 4.19. The molecule has 1 unspecified atom stereocenters. The van der Waals surface area contributed by atoms with Crippen LogP contribution in [0.4, 0.5) is 4.39 Å². The fourth-order valence-electron chi connectivity index (χ4n) is 2.98. The van der Waals surface area contributed by atoms with Crippen molar-refractivity contribution in [2.45, 2.75) is 41.4 Å². The second kappa shape index (κ2) is 5.94. The summed E-state index contributed by atoms with van der Waals surface area (Å²) in [4.78, 5) is 0. The largest absolute Gasteiger partial charge is 0.393 e. The maximum Gasteiger partial charge on any atom is 0.123 e. The first-order valence-electron chi connectivity index (χ1n) is 7.16. The quantitative estimate of drug-likeness (QED) is 0.814. The Labute approximate surface area is 133 Å². The van der Waals surface area contributed by atoms with Crippen LogP contribution in [-0.2, 0) is 0 Å². The van der Waals surface area contributed by atoms with E-state index in [0.29, 0.717) is 10.6 Å². The van der Waals surface area contributed by atoms with Crippen molar-refractivity contribution in [2.75, 3.05) is 0 Å². The minimum atomic E-state index is -0.253. The van der Waals surface area contributed by atoms with Gasteiger partial charge in [-0.2, -0.15) is 5.26 Å². The van der Waals surface area contributed by atoms with Crippen LogP contribution in [0.15, 0.2) is 34.9 Å². The summed E-state index contributed by atoms with van der Waals surface area (Å²) in [6.07, 6.45) is 5.95. The van der Waals surface area contributed by atoms with Gasteiger partial charge in [0.2, 0.25) is 0 Å². The lowest BCUT2D eigenvalue weighted by atomic mass is 9.99. The maximum absolute atomic E-state index is 13.1. The number of hydrogen-bond acceptors (Lipinski definition) is 4. The molecule has 1 aliphatic carbocycles. The van der Waals surface area contributed by atoms with Crippen LogP contribution >= 0.6 is 23.5 Å². The number of nitriles is 1. The lowest BCUT2D eigenvalue weighted by Crippen LogP contribution is -2.30. The van der Waals surface area contributed by atoms with Crippen LogP contribution in [0.2, 0.25) is 0 Å². The molecule has 21 heavy (non-hydrogen) atoms. The van der Waals surface area contributed by atoms with E-state index in [9.17, 15) is 9.65 Å². The Hall–Kier alpha value is -1.12. The highest BCUT2D eigenvalue weighted by Gasteiger charge is 2.42. The molecule has 3 rings (SSSR count). The summed E-state index contributed by atoms with van der Waals surface area (Å²) in [5.74, 6) is -0.253. The third-order valence-electron chi connectivity index (χ3n) is 4.06. The van der Waals surface area contributed by atoms with Crippen LogP contribution in [0.25, 0.3) is 0 Å². The number of halogens is 1. The summed E-state index contributed by atoms with van der Waals surface area (Å²) >= 11 is 3.50. The van der Waals surface area contributed by atoms with E-state index in [1.54, 1.807) is 23.9 Å². The smallest absolute Gasteiger partial charge is 0.123 e. The molecule has 1 saturated carbocycles. The van der Waals surface area contributed by atoms with Gasteiger partial charge in [0.1, 0.15) is 5.82 Å². The van der Waals surface area contributed by atoms with Crippen LogP contribution in [0.1, 0.15) is 42.9 Å². The summed E-state index contributed by atoms with van der Waals surface area (Å²) < 4.78 is 13.2. The summed E-state index contributed by atoms with van der Waals surface area (Å²) in [6.45, 7) is 0. The summed E-state index contributed by atoms with van der Waals surface area (Å²) in [5, 5.41) is 10.0. The Balaban J connectivity index is 1.98. The second-order valence-electron chi connectivity index (χ2n) is 5.51. The third kappa shape index (κ3) is 2.93. The molecule has 1 atom stereocenters. The van der Waals surface area contributed by atoms with Gasteiger partial charge >= 0.3 is 0 Å². The molecule has 110 valence electrons. The van der Waals surface area contributed by atoms with Crippen molar-refractivity contribution in [1.82, 2.24) is 0 Å². The van der Waals surface area contributed by atoms with E-state index in [1.807, 2.05) is 11.8 Å². The standard InChI is InChI=1S/C16H17FN2S2/c17-12-6-4-11(5-7-12)14-13(10-18)15(19)21-16(20-14)8-2-1-3-9-16/h4-7,14H,1-3,8-9,19H2. The summed E-state index contributed by atoms with van der Waals surface area (Å²) in [6, 6.07) is 8.70. The molecule has 0 saturated heterocycles. The molecule has 2 nitrogen and oxygen atoms in total. The lowest BCUT2D eigenvalue weighted by molar-refractivity contribution is 0.489. The molecule has 0 bridgehead atoms. The fraction of sp³-hybridized carbons (Fsp3) is 0.438. The van der Waals surface area contributed by atoms with Crippen LogP contribution in [-0.4, -0.2) is 4.08 Å². The van der Waals surface area contributed by atoms with Gasteiger partial charge in [0.05, 0.1) is 26.0 Å². The van der Waals surface area contributed by atoms with Gasteiger partial charge in [-0.05, 0) is 30.5 Å². The number of nitrogens with two attached hydrogens (primary N) is 1. The van der Waals surface area contributed by atoms with Gasteiger partial charge in [0, 0.05) is 0 Å². The van der Waals surface area contributed by atoms with E-state index in [-0.39, 0.29) is 15.1 Å². The topological polar surface area (TPSA) is 49.8 Å². The van der Waals surface area contributed by atoms with Crippen LogP contribution in [0.3, 0.4) is 0 Å². The van der Waals surface area contributed by atoms with E-state index in [1.165, 1.54) is 31.4 Å². The molecular formula is C16H17FN2S2. The van der Waals surface area contributed by atoms with Crippen LogP contribution in [0.5, 0.6) is 0 Å². The van der Waals surface area contributed by atoms with Crippen LogP contribution in [0, 0.1) is 17.1 Å². The van der Waals surface area contributed by atoms with Gasteiger partial charge in [-0.3, -0.25) is 0 Å². The highest BCUT2D eigenvalue weighted by atomic mass is 32.2. The second-order valence-corrected chi connectivity index (χ2v) is 8.69. The molecule has 2 aliphatic rings. The van der Waals surface area contributed by atoms with E-state index < -0.39 is 0 Å². The van der Waals surface area contributed by atoms with Crippen molar-refractivity contribution in [3.63, 3.8) is 0 Å². The van der Waals surface area contributed by atoms with Crippen molar-refractivity contribution >= 4 is 23.5 Å². The molecule has 5 heteroatoms. The average Bonchev–Trinajstić information content (AvgIpc) is 2.48. The zero-order valence-electron chi connectivity index (χ0n) is 11.6. The monoisotopic (exact) mass is 320 g/mol. The molecular weight excluding hydrogens is 303 g/mol. The van der Waals surface area contributed by atoms with E-state index in [0.717, 1.165) is 18.4 Å². The van der Waals surface area contributed by atoms with Gasteiger partial charge in [-0.15, -0.1) is 11.8 Å². The molecule has 1 aromatic carbocycles. The molecule has 0 radical (unpaired) electrons. The van der Waals surface area contributed by atoms with E-state index >= 15 is 0 Å². The third-order valence-corrected chi connectivity index (χ3v) is 7.40. The molecule has 0 aromatic heterocycles. The maximum atomic E-state index is 13.1. The zero-order valence-corrected chi connectivity index (χ0v) is 13.3. The molecule has 0 amide bonds. The molecule has 1 aromatic rings. The van der Waals surface area contributed by atoms with E-state index in [2.05, 4.69) is 6.07 Å². The Morgan fingerprint density at radius 1 is 1.19 bits per heavy atom. The first kappa shape index (κ1) is 14.8. The van der Waals surface area contributed by atoms with Gasteiger partial charge < -0.3 is 5.73 Å². The lowest BCUT2D eigenvalue weighted by Gasteiger charge is -2.42. The molecule has 1 aliphatic heterocycles. The minimum Gasteiger partial charge on any atom is -0.393 e. The minimum absolute atomic E-state index is 0.0741. The fourth-order valence-corrected chi connectivity index (χ4v) is 6.52. The highest BCUT2D eigenvalue weighted by molar-refractivity contribution is 8.20. The molecule has 2 N–H and O–H groups in total. The normalized spacial score (nSPS) is 24.9. The van der Waals surface area contributed by atoms with Crippen molar-refractivity contribution in [1.29, 1.82) is 5.26 Å². The van der Waals surface area contributed by atoms with Gasteiger partial charge in [-0.25, -0.2) is 4.39 Å². The number of hydrogen-bond donors (Lipinski definition) is 1. The van der Waals surface area contributed by atoms with Crippen molar-refractivity contribution < 1.29 is 4.39 Å². The van der Waals surface area contributed by atoms with Gasteiger partial charge in [0.15, 0.2) is 0 Å². The zero-order chi connectivity index (χ0) is 14.9. The summed E-state index contributed by atoms with van der Waals surface area (Å²) in [7, 11) is 0. The molecule has 1 spiro atoms. The van der Waals surface area contributed by atoms with Gasteiger partial charge in [0.25, 0.3) is 0 Å². The van der Waals surface area contributed by atoms with Gasteiger partial charge in [-0.1, -0.05) is 43.2 Å². The Bertz CT molecular complexity index is 598. The first-order valence-corrected chi connectivity index (χ1v) is 8.85. The van der Waals surface area contributed by atoms with Crippen molar-refractivity contribution in [3.8, 4) is 6.07 Å². The Morgan fingerprint density at radius 3 is 2.48 bits per heavy atom.